The number of carboxylic acid groups (broad SMARTS) is 1. The van der Waals surface area contributed by atoms with Gasteiger partial charge in [-0.3, -0.25) is 10.1 Å². The molecule has 0 bridgehead atoms. The Kier molecular flexibility index (Phi) is 4.13. The lowest BCUT2D eigenvalue weighted by atomic mass is 10.2. The van der Waals surface area contributed by atoms with Crippen molar-refractivity contribution in [1.82, 2.24) is 10.3 Å². The minimum atomic E-state index is -1.43. The summed E-state index contributed by atoms with van der Waals surface area (Å²) >= 11 is 0. The van der Waals surface area contributed by atoms with Crippen LogP contribution in [0.4, 0.5) is 0 Å². The molecule has 1 heterocycles. The summed E-state index contributed by atoms with van der Waals surface area (Å²) in [5.41, 5.74) is 0.491. The summed E-state index contributed by atoms with van der Waals surface area (Å²) in [6, 6.07) is 9.39. The zero-order valence-corrected chi connectivity index (χ0v) is 11.5. The van der Waals surface area contributed by atoms with Crippen molar-refractivity contribution < 1.29 is 14.7 Å². The number of aliphatic imine (C=N–C) groups is 1. The highest BCUT2D eigenvalue weighted by Crippen LogP contribution is 2.12. The van der Waals surface area contributed by atoms with Gasteiger partial charge in [0.2, 0.25) is 5.96 Å². The third-order valence-corrected chi connectivity index (χ3v) is 2.81. The van der Waals surface area contributed by atoms with Gasteiger partial charge in [-0.2, -0.15) is 5.10 Å². The molecule has 2 rings (SSSR count). The van der Waals surface area contributed by atoms with Crippen molar-refractivity contribution in [3.05, 3.63) is 47.2 Å². The molecule has 21 heavy (non-hydrogen) atoms. The van der Waals surface area contributed by atoms with Crippen molar-refractivity contribution in [3.63, 3.8) is 0 Å². The fraction of sp³-hybridized carbons (Fsp3) is 0.143. The van der Waals surface area contributed by atoms with E-state index in [0.29, 0.717) is 0 Å². The number of nitrogens with zero attached hydrogens (tertiary/aromatic N) is 3. The fourth-order valence-corrected chi connectivity index (χ4v) is 1.60. The number of hydrogen-bond acceptors (Lipinski definition) is 6. The van der Waals surface area contributed by atoms with Crippen LogP contribution < -0.4 is 10.4 Å². The zero-order chi connectivity index (χ0) is 15.4. The number of amides is 1. The maximum absolute atomic E-state index is 11.7. The van der Waals surface area contributed by atoms with Gasteiger partial charge in [0.25, 0.3) is 5.91 Å². The number of guanidine groups is 1. The van der Waals surface area contributed by atoms with Crippen LogP contribution in [0.1, 0.15) is 12.5 Å². The third-order valence-electron chi connectivity index (χ3n) is 2.81. The summed E-state index contributed by atoms with van der Waals surface area (Å²) in [6.45, 7) is 1.27. The highest BCUT2D eigenvalue weighted by atomic mass is 16.4. The first kappa shape index (κ1) is 14.4. The summed E-state index contributed by atoms with van der Waals surface area (Å²) in [5.74, 6) is -1.86. The van der Waals surface area contributed by atoms with Gasteiger partial charge in [-0.25, -0.2) is 10.0 Å². The summed E-state index contributed by atoms with van der Waals surface area (Å²) in [4.78, 5) is 26.3. The number of benzene rings is 1. The fourth-order valence-electron chi connectivity index (χ4n) is 1.60. The summed E-state index contributed by atoms with van der Waals surface area (Å²) in [6.07, 6.45) is 1.60. The summed E-state index contributed by atoms with van der Waals surface area (Å²) in [7, 11) is 1.59. The number of rotatable bonds is 3. The van der Waals surface area contributed by atoms with E-state index in [1.807, 2.05) is 30.3 Å². The molecule has 0 radical (unpaired) electrons. The quantitative estimate of drug-likeness (QED) is 0.458. The Hall–Kier alpha value is -2.96. The average Bonchev–Trinajstić information content (AvgIpc) is 2.87. The lowest BCUT2D eigenvalue weighted by Crippen LogP contribution is -2.35. The second kappa shape index (κ2) is 6.00. The van der Waals surface area contributed by atoms with Crippen LogP contribution in [-0.2, 0) is 9.59 Å². The van der Waals surface area contributed by atoms with Gasteiger partial charge in [-0.15, -0.1) is 0 Å². The number of hydrogen-bond donors (Lipinski definition) is 1. The maximum atomic E-state index is 11.7. The van der Waals surface area contributed by atoms with E-state index in [9.17, 15) is 14.7 Å². The highest BCUT2D eigenvalue weighted by molar-refractivity contribution is 6.14. The van der Waals surface area contributed by atoms with E-state index in [1.165, 1.54) is 11.9 Å². The Labute approximate surface area is 121 Å². The van der Waals surface area contributed by atoms with Gasteiger partial charge in [-0.1, -0.05) is 30.3 Å². The molecule has 1 amide bonds. The SMILES string of the molecule is CC(C(=O)[O-])=C1N=C(N(C)N=Cc2ccccc2)NC1=O. The topological polar surface area (TPSA) is 97.2 Å². The molecule has 0 atom stereocenters. The zero-order valence-electron chi connectivity index (χ0n) is 11.5. The second-order valence-corrected chi connectivity index (χ2v) is 4.33. The first-order chi connectivity index (χ1) is 9.99. The predicted octanol–water partition coefficient (Wildman–Crippen LogP) is -0.538. The molecule has 108 valence electrons. The van der Waals surface area contributed by atoms with E-state index in [2.05, 4.69) is 15.4 Å². The molecule has 7 heteroatoms. The van der Waals surface area contributed by atoms with Gasteiger partial charge in [0.05, 0.1) is 12.2 Å². The van der Waals surface area contributed by atoms with Crippen molar-refractivity contribution in [1.29, 1.82) is 0 Å². The number of carbonyl (C=O) groups excluding carboxylic acids is 2. The normalized spacial score (nSPS) is 16.7. The van der Waals surface area contributed by atoms with Gasteiger partial charge >= 0.3 is 0 Å². The monoisotopic (exact) mass is 285 g/mol. The van der Waals surface area contributed by atoms with E-state index in [1.54, 1.807) is 13.3 Å². The van der Waals surface area contributed by atoms with Gasteiger partial charge in [0.15, 0.2) is 0 Å². The van der Waals surface area contributed by atoms with Gasteiger partial charge in [-0.05, 0) is 12.5 Å². The van der Waals surface area contributed by atoms with Gasteiger partial charge in [0.1, 0.15) is 5.70 Å². The molecule has 0 fully saturated rings. The molecule has 0 unspecified atom stereocenters. The molecule has 0 spiro atoms. The number of hydrazone groups is 1. The van der Waals surface area contributed by atoms with Gasteiger partial charge < -0.3 is 9.90 Å². The third kappa shape index (κ3) is 3.33. The molecular formula is C14H13N4O3-. The Morgan fingerprint density at radius 1 is 1.38 bits per heavy atom. The summed E-state index contributed by atoms with van der Waals surface area (Å²) < 4.78 is 0. The first-order valence-electron chi connectivity index (χ1n) is 6.14. The van der Waals surface area contributed by atoms with Crippen LogP contribution in [-0.4, -0.2) is 36.1 Å². The molecule has 0 saturated heterocycles. The van der Waals surface area contributed by atoms with Crippen molar-refractivity contribution in [3.8, 4) is 0 Å². The van der Waals surface area contributed by atoms with Gasteiger partial charge in [0, 0.05) is 12.6 Å². The molecule has 1 aliphatic rings. The highest BCUT2D eigenvalue weighted by Gasteiger charge is 2.24. The predicted molar refractivity (Wildman–Crippen MR) is 75.1 cm³/mol. The van der Waals surface area contributed by atoms with E-state index in [-0.39, 0.29) is 17.2 Å². The largest absolute Gasteiger partial charge is 0.545 e. The lowest BCUT2D eigenvalue weighted by molar-refractivity contribution is -0.299. The molecule has 1 aromatic rings. The number of aliphatic carboxylic acids is 1. The Bertz CT molecular complexity index is 662. The number of carbonyl (C=O) groups is 2. The number of carboxylic acids is 1. The summed E-state index contributed by atoms with van der Waals surface area (Å²) in [5, 5.41) is 18.7. The first-order valence-corrected chi connectivity index (χ1v) is 6.14. The molecule has 7 nitrogen and oxygen atoms in total. The van der Waals surface area contributed by atoms with Crippen molar-refractivity contribution in [2.45, 2.75) is 6.92 Å². The maximum Gasteiger partial charge on any atom is 0.277 e. The van der Waals surface area contributed by atoms with Crippen LogP contribution in [0, 0.1) is 0 Å². The standard InChI is InChI=1S/C14H14N4O3/c1-9(13(20)21)11-12(19)17-14(16-11)18(2)15-8-10-6-4-3-5-7-10/h3-8H,1-2H3,(H,20,21)(H,16,17,19)/p-1. The van der Waals surface area contributed by atoms with Crippen molar-refractivity contribution >= 4 is 24.1 Å². The average molecular weight is 285 g/mol. The van der Waals surface area contributed by atoms with E-state index >= 15 is 0 Å². The van der Waals surface area contributed by atoms with Crippen LogP contribution in [0.5, 0.6) is 0 Å². The molecule has 0 aliphatic carbocycles. The second-order valence-electron chi connectivity index (χ2n) is 4.33. The minimum Gasteiger partial charge on any atom is -0.545 e. The van der Waals surface area contributed by atoms with Crippen LogP contribution in [0.2, 0.25) is 0 Å². The van der Waals surface area contributed by atoms with E-state index in [0.717, 1.165) is 5.56 Å². The minimum absolute atomic E-state index is 0.155. The Morgan fingerprint density at radius 3 is 2.67 bits per heavy atom. The Morgan fingerprint density at radius 2 is 2.05 bits per heavy atom. The smallest absolute Gasteiger partial charge is 0.277 e. The molecular weight excluding hydrogens is 272 g/mol. The van der Waals surface area contributed by atoms with E-state index in [4.69, 9.17) is 0 Å². The van der Waals surface area contributed by atoms with Crippen LogP contribution in [0.3, 0.4) is 0 Å². The van der Waals surface area contributed by atoms with E-state index < -0.39 is 11.9 Å². The van der Waals surface area contributed by atoms with Crippen LogP contribution >= 0.6 is 0 Å². The molecule has 1 aliphatic heterocycles. The lowest BCUT2D eigenvalue weighted by Gasteiger charge is -2.10. The molecule has 1 aromatic carbocycles. The van der Waals surface area contributed by atoms with Crippen LogP contribution in [0.25, 0.3) is 0 Å². The molecule has 0 aromatic heterocycles. The molecule has 1 N–H and O–H groups in total. The Balaban J connectivity index is 2.18. The molecule has 0 saturated carbocycles. The van der Waals surface area contributed by atoms with Crippen molar-refractivity contribution in [2.24, 2.45) is 10.1 Å². The number of nitrogens with one attached hydrogen (secondary N) is 1. The van der Waals surface area contributed by atoms with Crippen LogP contribution in [0.15, 0.2) is 51.7 Å². The van der Waals surface area contributed by atoms with Crippen molar-refractivity contribution in [2.75, 3.05) is 7.05 Å².